The molecule has 11 heavy (non-hydrogen) atoms. The van der Waals surface area contributed by atoms with E-state index in [0.717, 1.165) is 26.1 Å². The van der Waals surface area contributed by atoms with Gasteiger partial charge in [0.2, 0.25) is 0 Å². The van der Waals surface area contributed by atoms with Crippen molar-refractivity contribution in [1.29, 1.82) is 0 Å². The molecule has 2 N–H and O–H groups in total. The van der Waals surface area contributed by atoms with Gasteiger partial charge in [-0.3, -0.25) is 0 Å². The van der Waals surface area contributed by atoms with E-state index in [2.05, 4.69) is 4.72 Å². The first-order valence-corrected chi connectivity index (χ1v) is 4.96. The SMILES string of the molecule is O=S1NCCCN1CCCO. The monoisotopic (exact) mass is 178 g/mol. The fourth-order valence-corrected chi connectivity index (χ4v) is 2.12. The molecule has 1 atom stereocenters. The van der Waals surface area contributed by atoms with E-state index >= 15 is 0 Å². The molecule has 4 nitrogen and oxygen atoms in total. The van der Waals surface area contributed by atoms with E-state index in [-0.39, 0.29) is 6.61 Å². The zero-order valence-corrected chi connectivity index (χ0v) is 7.27. The third kappa shape index (κ3) is 2.86. The van der Waals surface area contributed by atoms with Gasteiger partial charge in [0.25, 0.3) is 0 Å². The molecule has 1 saturated heterocycles. The molecule has 5 heteroatoms. The van der Waals surface area contributed by atoms with Gasteiger partial charge in [-0.1, -0.05) is 0 Å². The van der Waals surface area contributed by atoms with Crippen molar-refractivity contribution in [2.45, 2.75) is 12.8 Å². The summed E-state index contributed by atoms with van der Waals surface area (Å²) in [4.78, 5) is 0. The number of rotatable bonds is 3. The van der Waals surface area contributed by atoms with E-state index in [9.17, 15) is 4.21 Å². The lowest BCUT2D eigenvalue weighted by atomic mass is 10.4. The van der Waals surface area contributed by atoms with Gasteiger partial charge in [-0.15, -0.1) is 0 Å². The van der Waals surface area contributed by atoms with E-state index < -0.39 is 11.2 Å². The summed E-state index contributed by atoms with van der Waals surface area (Å²) in [6.07, 6.45) is 1.74. The molecule has 0 aromatic carbocycles. The average Bonchev–Trinajstić information content (AvgIpc) is 2.03. The summed E-state index contributed by atoms with van der Waals surface area (Å²) in [6.45, 7) is 2.60. The molecule has 1 aliphatic rings. The molecule has 0 aromatic rings. The summed E-state index contributed by atoms with van der Waals surface area (Å²) in [6, 6.07) is 0. The third-order valence-corrected chi connectivity index (χ3v) is 2.90. The van der Waals surface area contributed by atoms with Gasteiger partial charge in [0, 0.05) is 26.2 Å². The molecule has 0 spiro atoms. The molecule has 1 heterocycles. The van der Waals surface area contributed by atoms with Crippen LogP contribution in [0, 0.1) is 0 Å². The van der Waals surface area contributed by atoms with Crippen molar-refractivity contribution >= 4 is 11.2 Å². The summed E-state index contributed by atoms with van der Waals surface area (Å²) in [7, 11) is 0. The second-order valence-electron chi connectivity index (χ2n) is 2.50. The Labute approximate surface area is 69.3 Å². The van der Waals surface area contributed by atoms with Gasteiger partial charge in [0.15, 0.2) is 11.2 Å². The summed E-state index contributed by atoms with van der Waals surface area (Å²) < 4.78 is 15.8. The number of aliphatic hydroxyl groups is 1. The van der Waals surface area contributed by atoms with Gasteiger partial charge in [-0.2, -0.15) is 0 Å². The Morgan fingerprint density at radius 1 is 1.64 bits per heavy atom. The second kappa shape index (κ2) is 4.82. The fraction of sp³-hybridized carbons (Fsp3) is 1.00. The molecule has 1 aliphatic heterocycles. The fourth-order valence-electron chi connectivity index (χ4n) is 1.03. The highest BCUT2D eigenvalue weighted by atomic mass is 32.2. The van der Waals surface area contributed by atoms with E-state index in [1.54, 1.807) is 0 Å². The first kappa shape index (κ1) is 9.12. The van der Waals surface area contributed by atoms with Crippen molar-refractivity contribution in [2.75, 3.05) is 26.2 Å². The van der Waals surface area contributed by atoms with Gasteiger partial charge in [-0.05, 0) is 12.8 Å². The Hall–Kier alpha value is 0.0300. The molecule has 1 rings (SSSR count). The molecule has 1 unspecified atom stereocenters. The number of hydrogen-bond acceptors (Lipinski definition) is 2. The van der Waals surface area contributed by atoms with Crippen molar-refractivity contribution in [3.8, 4) is 0 Å². The van der Waals surface area contributed by atoms with Crippen molar-refractivity contribution in [3.63, 3.8) is 0 Å². The largest absolute Gasteiger partial charge is 0.396 e. The van der Waals surface area contributed by atoms with Crippen LogP contribution in [-0.4, -0.2) is 39.9 Å². The van der Waals surface area contributed by atoms with Crippen molar-refractivity contribution in [3.05, 3.63) is 0 Å². The standard InChI is InChI=1S/C6H14N2O2S/c9-6-2-5-8-4-1-3-7-11(8)10/h7,9H,1-6H2. The quantitative estimate of drug-likeness (QED) is 0.597. The van der Waals surface area contributed by atoms with Crippen molar-refractivity contribution in [2.24, 2.45) is 0 Å². The smallest absolute Gasteiger partial charge is 0.169 e. The highest BCUT2D eigenvalue weighted by Gasteiger charge is 2.15. The maximum Gasteiger partial charge on any atom is 0.169 e. The van der Waals surface area contributed by atoms with Gasteiger partial charge in [0.1, 0.15) is 0 Å². The molecule has 0 saturated carbocycles. The molecule has 0 aromatic heterocycles. The molecule has 1 fully saturated rings. The maximum atomic E-state index is 11.1. The Kier molecular flexibility index (Phi) is 3.99. The Balaban J connectivity index is 2.24. The lowest BCUT2D eigenvalue weighted by Gasteiger charge is -2.24. The van der Waals surface area contributed by atoms with Gasteiger partial charge in [-0.25, -0.2) is 13.2 Å². The minimum absolute atomic E-state index is 0.174. The van der Waals surface area contributed by atoms with E-state index in [1.165, 1.54) is 0 Å². The van der Waals surface area contributed by atoms with E-state index in [4.69, 9.17) is 5.11 Å². The Morgan fingerprint density at radius 2 is 2.45 bits per heavy atom. The highest BCUT2D eigenvalue weighted by Crippen LogP contribution is 2.01. The Morgan fingerprint density at radius 3 is 3.09 bits per heavy atom. The summed E-state index contributed by atoms with van der Waals surface area (Å²) in [5.74, 6) is 0. The number of nitrogens with zero attached hydrogens (tertiary/aromatic N) is 1. The number of nitrogens with one attached hydrogen (secondary N) is 1. The minimum Gasteiger partial charge on any atom is -0.396 e. The first-order valence-electron chi connectivity index (χ1n) is 3.86. The zero-order valence-electron chi connectivity index (χ0n) is 6.45. The van der Waals surface area contributed by atoms with E-state index in [0.29, 0.717) is 6.42 Å². The third-order valence-electron chi connectivity index (χ3n) is 1.61. The van der Waals surface area contributed by atoms with Crippen LogP contribution in [0.25, 0.3) is 0 Å². The zero-order chi connectivity index (χ0) is 8.10. The van der Waals surface area contributed by atoms with Crippen LogP contribution in [0.3, 0.4) is 0 Å². The van der Waals surface area contributed by atoms with Crippen LogP contribution in [0.2, 0.25) is 0 Å². The normalized spacial score (nSPS) is 27.2. The summed E-state index contributed by atoms with van der Waals surface area (Å²) in [5, 5.41) is 8.54. The Bertz CT molecular complexity index is 143. The second-order valence-corrected chi connectivity index (χ2v) is 3.81. The molecule has 0 amide bonds. The van der Waals surface area contributed by atoms with Crippen molar-refractivity contribution in [1.82, 2.24) is 9.03 Å². The van der Waals surface area contributed by atoms with Gasteiger partial charge >= 0.3 is 0 Å². The highest BCUT2D eigenvalue weighted by molar-refractivity contribution is 7.80. The lowest BCUT2D eigenvalue weighted by molar-refractivity contribution is 0.268. The van der Waals surface area contributed by atoms with Gasteiger partial charge in [0.05, 0.1) is 0 Å². The van der Waals surface area contributed by atoms with Crippen molar-refractivity contribution < 1.29 is 9.32 Å². The predicted octanol–water partition coefficient (Wildman–Crippen LogP) is -0.757. The van der Waals surface area contributed by atoms with Crippen LogP contribution in [0.4, 0.5) is 0 Å². The lowest BCUT2D eigenvalue weighted by Crippen LogP contribution is -2.42. The van der Waals surface area contributed by atoms with Crippen LogP contribution >= 0.6 is 0 Å². The topological polar surface area (TPSA) is 52.6 Å². The maximum absolute atomic E-state index is 11.1. The van der Waals surface area contributed by atoms with Crippen LogP contribution < -0.4 is 4.72 Å². The predicted molar refractivity (Wildman–Crippen MR) is 44.0 cm³/mol. The van der Waals surface area contributed by atoms with Gasteiger partial charge < -0.3 is 5.11 Å². The molecule has 0 radical (unpaired) electrons. The molecule has 0 bridgehead atoms. The molecule has 66 valence electrons. The van der Waals surface area contributed by atoms with Crippen LogP contribution in [0.15, 0.2) is 0 Å². The average molecular weight is 178 g/mol. The number of hydrogen-bond donors (Lipinski definition) is 2. The summed E-state index contributed by atoms with van der Waals surface area (Å²) in [5.41, 5.74) is 0. The molecule has 0 aliphatic carbocycles. The molecular weight excluding hydrogens is 164 g/mol. The van der Waals surface area contributed by atoms with Crippen LogP contribution in [0.5, 0.6) is 0 Å². The number of aliphatic hydroxyl groups excluding tert-OH is 1. The van der Waals surface area contributed by atoms with Crippen LogP contribution in [0.1, 0.15) is 12.8 Å². The molecular formula is C6H14N2O2S. The minimum atomic E-state index is -1.01. The summed E-state index contributed by atoms with van der Waals surface area (Å²) >= 11 is -1.01. The van der Waals surface area contributed by atoms with Crippen LogP contribution in [-0.2, 0) is 11.2 Å². The first-order chi connectivity index (χ1) is 5.34. The van der Waals surface area contributed by atoms with E-state index in [1.807, 2.05) is 4.31 Å².